The van der Waals surface area contributed by atoms with Crippen molar-refractivity contribution in [3.05, 3.63) is 12.2 Å². The van der Waals surface area contributed by atoms with Gasteiger partial charge in [0.2, 0.25) is 5.91 Å². The molecule has 0 aromatic carbocycles. The van der Waals surface area contributed by atoms with Crippen LogP contribution in [0.25, 0.3) is 0 Å². The molecule has 3 heteroatoms. The highest BCUT2D eigenvalue weighted by Gasteiger charge is 2.15. The molecule has 0 fully saturated rings. The number of hydrogen-bond acceptors (Lipinski definition) is 2. The summed E-state index contributed by atoms with van der Waals surface area (Å²) in [4.78, 5) is 11.5. The first-order valence-corrected chi connectivity index (χ1v) is 5.92. The Balaban J connectivity index is 2.18. The van der Waals surface area contributed by atoms with Gasteiger partial charge in [-0.1, -0.05) is 25.5 Å². The number of rotatable bonds is 5. The predicted molar refractivity (Wildman–Crippen MR) is 62.4 cm³/mol. The van der Waals surface area contributed by atoms with E-state index in [1.807, 2.05) is 6.92 Å². The largest absolute Gasteiger partial charge is 0.354 e. The number of carbonyl (C=O) groups excluding carboxylic acids is 1. The van der Waals surface area contributed by atoms with Crippen molar-refractivity contribution < 1.29 is 4.79 Å². The second-order valence-electron chi connectivity index (χ2n) is 4.29. The summed E-state index contributed by atoms with van der Waals surface area (Å²) in [7, 11) is 0. The number of hydrogen-bond donors (Lipinski definition) is 2. The van der Waals surface area contributed by atoms with Gasteiger partial charge in [0.15, 0.2) is 0 Å². The molecule has 3 N–H and O–H groups in total. The van der Waals surface area contributed by atoms with Crippen LogP contribution in [0.5, 0.6) is 0 Å². The normalized spacial score (nSPS) is 22.4. The molecule has 0 heterocycles. The van der Waals surface area contributed by atoms with Gasteiger partial charge in [-0.2, -0.15) is 0 Å². The maximum absolute atomic E-state index is 11.5. The lowest BCUT2D eigenvalue weighted by Crippen LogP contribution is -2.42. The minimum absolute atomic E-state index is 0.00593. The van der Waals surface area contributed by atoms with Crippen molar-refractivity contribution in [3.8, 4) is 0 Å². The average molecular weight is 210 g/mol. The van der Waals surface area contributed by atoms with Crippen molar-refractivity contribution in [3.63, 3.8) is 0 Å². The fraction of sp³-hybridized carbons (Fsp3) is 0.750. The van der Waals surface area contributed by atoms with E-state index in [1.54, 1.807) is 0 Å². The zero-order valence-electron chi connectivity index (χ0n) is 9.54. The smallest absolute Gasteiger partial charge is 0.236 e. The summed E-state index contributed by atoms with van der Waals surface area (Å²) < 4.78 is 0. The molecule has 0 radical (unpaired) electrons. The summed E-state index contributed by atoms with van der Waals surface area (Å²) in [6.45, 7) is 2.82. The van der Waals surface area contributed by atoms with Crippen LogP contribution in [0.15, 0.2) is 12.2 Å². The number of nitrogens with two attached hydrogens (primary N) is 1. The number of allylic oxidation sites excluding steroid dienone is 2. The summed E-state index contributed by atoms with van der Waals surface area (Å²) >= 11 is 0. The minimum Gasteiger partial charge on any atom is -0.354 e. The molecule has 86 valence electrons. The molecule has 0 aromatic heterocycles. The van der Waals surface area contributed by atoms with Crippen molar-refractivity contribution in [2.24, 2.45) is 11.7 Å². The van der Waals surface area contributed by atoms with Crippen molar-refractivity contribution in [1.29, 1.82) is 0 Å². The fourth-order valence-corrected chi connectivity index (χ4v) is 1.86. The Kier molecular flexibility index (Phi) is 5.40. The van der Waals surface area contributed by atoms with Gasteiger partial charge in [-0.3, -0.25) is 4.79 Å². The molecule has 1 aliphatic rings. The van der Waals surface area contributed by atoms with Gasteiger partial charge in [0.25, 0.3) is 0 Å². The van der Waals surface area contributed by atoms with Crippen LogP contribution < -0.4 is 11.1 Å². The molecular weight excluding hydrogens is 188 g/mol. The van der Waals surface area contributed by atoms with E-state index >= 15 is 0 Å². The summed E-state index contributed by atoms with van der Waals surface area (Å²) in [5.74, 6) is 0.610. The van der Waals surface area contributed by atoms with E-state index in [9.17, 15) is 4.79 Å². The molecule has 3 nitrogen and oxygen atoms in total. The molecule has 0 spiro atoms. The maximum Gasteiger partial charge on any atom is 0.236 e. The quantitative estimate of drug-likeness (QED) is 0.677. The highest BCUT2D eigenvalue weighted by molar-refractivity contribution is 5.81. The van der Waals surface area contributed by atoms with Gasteiger partial charge in [0.05, 0.1) is 6.04 Å². The number of amides is 1. The van der Waals surface area contributed by atoms with Crippen LogP contribution in [-0.2, 0) is 4.79 Å². The highest BCUT2D eigenvalue weighted by atomic mass is 16.2. The minimum atomic E-state index is -0.325. The van der Waals surface area contributed by atoms with E-state index in [-0.39, 0.29) is 11.9 Å². The Morgan fingerprint density at radius 2 is 2.40 bits per heavy atom. The van der Waals surface area contributed by atoms with E-state index in [0.29, 0.717) is 5.92 Å². The van der Waals surface area contributed by atoms with Crippen LogP contribution in [0.1, 0.15) is 39.0 Å². The Labute approximate surface area is 92.1 Å². The van der Waals surface area contributed by atoms with Gasteiger partial charge in [0, 0.05) is 6.54 Å². The van der Waals surface area contributed by atoms with Gasteiger partial charge in [-0.15, -0.1) is 0 Å². The van der Waals surface area contributed by atoms with Gasteiger partial charge in [0.1, 0.15) is 0 Å². The van der Waals surface area contributed by atoms with Crippen LogP contribution in [0.4, 0.5) is 0 Å². The molecule has 1 rings (SSSR count). The fourth-order valence-electron chi connectivity index (χ4n) is 1.86. The number of nitrogens with one attached hydrogen (secondary N) is 1. The topological polar surface area (TPSA) is 55.1 Å². The van der Waals surface area contributed by atoms with Gasteiger partial charge in [-0.25, -0.2) is 0 Å². The molecule has 0 saturated heterocycles. The molecule has 0 aliphatic heterocycles. The van der Waals surface area contributed by atoms with Crippen LogP contribution in [0.3, 0.4) is 0 Å². The second kappa shape index (κ2) is 6.62. The Morgan fingerprint density at radius 3 is 3.00 bits per heavy atom. The van der Waals surface area contributed by atoms with Gasteiger partial charge in [-0.05, 0) is 31.6 Å². The van der Waals surface area contributed by atoms with Crippen LogP contribution >= 0.6 is 0 Å². The molecule has 0 aromatic rings. The lowest BCUT2D eigenvalue weighted by Gasteiger charge is -2.19. The molecule has 0 bridgehead atoms. The van der Waals surface area contributed by atoms with Crippen LogP contribution in [0.2, 0.25) is 0 Å². The summed E-state index contributed by atoms with van der Waals surface area (Å²) in [5, 5.41) is 2.94. The Hall–Kier alpha value is -0.830. The molecule has 1 amide bonds. The zero-order valence-corrected chi connectivity index (χ0v) is 9.54. The molecule has 15 heavy (non-hydrogen) atoms. The monoisotopic (exact) mass is 210 g/mol. The zero-order chi connectivity index (χ0) is 11.1. The Bertz CT molecular complexity index is 226. The molecule has 2 unspecified atom stereocenters. The lowest BCUT2D eigenvalue weighted by atomic mass is 9.94. The summed E-state index contributed by atoms with van der Waals surface area (Å²) in [6, 6.07) is -0.325. The van der Waals surface area contributed by atoms with Crippen LogP contribution in [0, 0.1) is 5.92 Å². The first-order valence-electron chi connectivity index (χ1n) is 5.92. The molecule has 1 aliphatic carbocycles. The first-order chi connectivity index (χ1) is 7.24. The average Bonchev–Trinajstić information content (AvgIpc) is 2.27. The maximum atomic E-state index is 11.5. The summed E-state index contributed by atoms with van der Waals surface area (Å²) in [6.07, 6.45) is 9.55. The molecular formula is C12H22N2O. The SMILES string of the molecule is CCCC(N)C(=O)NCC1CC=CCC1. The molecule has 2 atom stereocenters. The summed E-state index contributed by atoms with van der Waals surface area (Å²) in [5.41, 5.74) is 5.72. The lowest BCUT2D eigenvalue weighted by molar-refractivity contribution is -0.122. The number of carbonyl (C=O) groups is 1. The van der Waals surface area contributed by atoms with Crippen molar-refractivity contribution >= 4 is 5.91 Å². The third kappa shape index (κ3) is 4.47. The molecule has 0 saturated carbocycles. The van der Waals surface area contributed by atoms with E-state index in [0.717, 1.165) is 32.2 Å². The van der Waals surface area contributed by atoms with Crippen molar-refractivity contribution in [2.45, 2.75) is 45.1 Å². The van der Waals surface area contributed by atoms with Crippen molar-refractivity contribution in [2.75, 3.05) is 6.54 Å². The highest BCUT2D eigenvalue weighted by Crippen LogP contribution is 2.16. The van der Waals surface area contributed by atoms with Crippen molar-refractivity contribution in [1.82, 2.24) is 5.32 Å². The van der Waals surface area contributed by atoms with E-state index in [2.05, 4.69) is 17.5 Å². The van der Waals surface area contributed by atoms with E-state index < -0.39 is 0 Å². The third-order valence-electron chi connectivity index (χ3n) is 2.88. The van der Waals surface area contributed by atoms with Gasteiger partial charge >= 0.3 is 0 Å². The van der Waals surface area contributed by atoms with E-state index in [4.69, 9.17) is 5.73 Å². The van der Waals surface area contributed by atoms with E-state index in [1.165, 1.54) is 6.42 Å². The third-order valence-corrected chi connectivity index (χ3v) is 2.88. The predicted octanol–water partition coefficient (Wildman–Crippen LogP) is 1.59. The van der Waals surface area contributed by atoms with Gasteiger partial charge < -0.3 is 11.1 Å². The standard InChI is InChI=1S/C12H22N2O/c1-2-6-11(13)12(15)14-9-10-7-4-3-5-8-10/h3-4,10-11H,2,5-9,13H2,1H3,(H,14,15). The second-order valence-corrected chi connectivity index (χ2v) is 4.29. The Morgan fingerprint density at radius 1 is 1.60 bits per heavy atom. The van der Waals surface area contributed by atoms with Crippen LogP contribution in [-0.4, -0.2) is 18.5 Å². The first kappa shape index (κ1) is 12.2.